The molecule has 168 valence electrons. The van der Waals surface area contributed by atoms with Crippen LogP contribution in [-0.2, 0) is 19.6 Å². The number of rotatable bonds is 9. The van der Waals surface area contributed by atoms with Gasteiger partial charge in [0.25, 0.3) is 0 Å². The van der Waals surface area contributed by atoms with Gasteiger partial charge in [-0.25, -0.2) is 8.42 Å². The van der Waals surface area contributed by atoms with E-state index in [-0.39, 0.29) is 16.7 Å². The molecule has 0 aromatic heterocycles. The Hall–Kier alpha value is -1.64. The van der Waals surface area contributed by atoms with Crippen LogP contribution in [0.2, 0.25) is 0 Å². The molecular formula is C22H34N2O5S. The van der Waals surface area contributed by atoms with Gasteiger partial charge in [-0.05, 0) is 56.4 Å². The first-order valence-electron chi connectivity index (χ1n) is 11.0. The van der Waals surface area contributed by atoms with Crippen molar-refractivity contribution in [3.63, 3.8) is 0 Å². The van der Waals surface area contributed by atoms with Crippen molar-refractivity contribution in [2.75, 3.05) is 33.4 Å². The van der Waals surface area contributed by atoms with E-state index in [0.29, 0.717) is 50.9 Å². The first kappa shape index (κ1) is 23.0. The maximum Gasteiger partial charge on any atom is 0.243 e. The number of benzene rings is 1. The number of carbonyl (C=O) groups is 1. The third-order valence-corrected chi connectivity index (χ3v) is 7.96. The minimum Gasteiger partial charge on any atom is -0.497 e. The Kier molecular flexibility index (Phi) is 8.53. The van der Waals surface area contributed by atoms with Gasteiger partial charge >= 0.3 is 0 Å². The number of nitrogens with zero attached hydrogens (tertiary/aromatic N) is 1. The molecule has 0 spiro atoms. The van der Waals surface area contributed by atoms with Crippen molar-refractivity contribution in [2.45, 2.75) is 62.4 Å². The van der Waals surface area contributed by atoms with Crippen molar-refractivity contribution in [3.8, 4) is 5.75 Å². The Labute approximate surface area is 180 Å². The summed E-state index contributed by atoms with van der Waals surface area (Å²) in [4.78, 5) is 12.7. The summed E-state index contributed by atoms with van der Waals surface area (Å²) in [7, 11) is -2.00. The molecule has 1 aliphatic carbocycles. The van der Waals surface area contributed by atoms with Crippen molar-refractivity contribution in [1.82, 2.24) is 9.62 Å². The van der Waals surface area contributed by atoms with Gasteiger partial charge in [-0.2, -0.15) is 4.31 Å². The Morgan fingerprint density at radius 2 is 1.73 bits per heavy atom. The van der Waals surface area contributed by atoms with Crippen LogP contribution in [0.5, 0.6) is 5.75 Å². The molecule has 1 amide bonds. The molecule has 3 rings (SSSR count). The second-order valence-corrected chi connectivity index (χ2v) is 10.1. The Morgan fingerprint density at radius 3 is 2.37 bits per heavy atom. The molecule has 0 bridgehead atoms. The zero-order chi connectivity index (χ0) is 21.4. The van der Waals surface area contributed by atoms with Crippen LogP contribution in [0.1, 0.15) is 51.4 Å². The van der Waals surface area contributed by atoms with Crippen LogP contribution < -0.4 is 10.1 Å². The molecule has 0 radical (unpaired) electrons. The summed E-state index contributed by atoms with van der Waals surface area (Å²) < 4.78 is 38.1. The molecule has 30 heavy (non-hydrogen) atoms. The fourth-order valence-corrected chi connectivity index (χ4v) is 5.63. The van der Waals surface area contributed by atoms with Gasteiger partial charge in [0, 0.05) is 32.2 Å². The monoisotopic (exact) mass is 438 g/mol. The van der Waals surface area contributed by atoms with Crippen LogP contribution in [0.25, 0.3) is 0 Å². The van der Waals surface area contributed by atoms with E-state index < -0.39 is 10.0 Å². The van der Waals surface area contributed by atoms with Crippen LogP contribution in [0, 0.1) is 5.92 Å². The third kappa shape index (κ3) is 6.18. The third-order valence-electron chi connectivity index (χ3n) is 6.05. The lowest BCUT2D eigenvalue weighted by molar-refractivity contribution is -0.126. The molecule has 2 fully saturated rings. The normalized spacial score (nSPS) is 19.5. The summed E-state index contributed by atoms with van der Waals surface area (Å²) in [6, 6.07) is 6.40. The summed E-state index contributed by atoms with van der Waals surface area (Å²) in [5, 5.41) is 2.99. The summed E-state index contributed by atoms with van der Waals surface area (Å²) in [5.74, 6) is 0.509. The lowest BCUT2D eigenvalue weighted by Crippen LogP contribution is -2.43. The first-order valence-corrected chi connectivity index (χ1v) is 12.5. The maximum atomic E-state index is 12.8. The minimum atomic E-state index is -3.54. The highest BCUT2D eigenvalue weighted by molar-refractivity contribution is 7.89. The summed E-state index contributed by atoms with van der Waals surface area (Å²) in [5.41, 5.74) is 0. The van der Waals surface area contributed by atoms with E-state index in [4.69, 9.17) is 9.47 Å². The zero-order valence-electron chi connectivity index (χ0n) is 17.8. The Morgan fingerprint density at radius 1 is 1.07 bits per heavy atom. The highest BCUT2D eigenvalue weighted by Gasteiger charge is 2.32. The van der Waals surface area contributed by atoms with Crippen molar-refractivity contribution < 1.29 is 22.7 Å². The molecule has 0 atom stereocenters. The predicted octanol–water partition coefficient (Wildman–Crippen LogP) is 2.95. The largest absolute Gasteiger partial charge is 0.497 e. The molecule has 8 heteroatoms. The summed E-state index contributed by atoms with van der Waals surface area (Å²) in [6.07, 6.45) is 8.44. The average Bonchev–Trinajstić information content (AvgIpc) is 2.79. The number of amides is 1. The van der Waals surface area contributed by atoms with Gasteiger partial charge in [-0.15, -0.1) is 0 Å². The van der Waals surface area contributed by atoms with E-state index in [1.807, 2.05) is 0 Å². The fraction of sp³-hybridized carbons (Fsp3) is 0.682. The molecule has 2 aliphatic rings. The van der Waals surface area contributed by atoms with Crippen molar-refractivity contribution in [3.05, 3.63) is 24.3 Å². The van der Waals surface area contributed by atoms with Crippen LogP contribution in [0.3, 0.4) is 0 Å². The standard InChI is InChI=1S/C22H34N2O5S/c1-28-19-8-10-21(11-9-19)30(26,27)24-15-12-18(13-16-24)22(25)23-14-5-17-29-20-6-3-2-4-7-20/h8-11,18,20H,2-7,12-17H2,1H3,(H,23,25). The van der Waals surface area contributed by atoms with E-state index in [0.717, 1.165) is 19.3 Å². The molecule has 1 heterocycles. The van der Waals surface area contributed by atoms with Crippen LogP contribution >= 0.6 is 0 Å². The lowest BCUT2D eigenvalue weighted by Gasteiger charge is -2.30. The van der Waals surface area contributed by atoms with Crippen LogP contribution in [0.15, 0.2) is 29.2 Å². The molecule has 1 saturated carbocycles. The Balaban J connectivity index is 1.37. The number of nitrogens with one attached hydrogen (secondary N) is 1. The summed E-state index contributed by atoms with van der Waals surface area (Å²) >= 11 is 0. The molecule has 1 N–H and O–H groups in total. The maximum absolute atomic E-state index is 12.8. The van der Waals surface area contributed by atoms with Gasteiger partial charge in [0.05, 0.1) is 18.1 Å². The van der Waals surface area contributed by atoms with Gasteiger partial charge in [0.15, 0.2) is 0 Å². The number of hydrogen-bond donors (Lipinski definition) is 1. The zero-order valence-corrected chi connectivity index (χ0v) is 18.7. The number of carbonyl (C=O) groups excluding carboxylic acids is 1. The summed E-state index contributed by atoms with van der Waals surface area (Å²) in [6.45, 7) is 2.01. The number of ether oxygens (including phenoxy) is 2. The molecule has 1 saturated heterocycles. The van der Waals surface area contributed by atoms with Gasteiger partial charge in [0.1, 0.15) is 5.75 Å². The molecule has 0 unspecified atom stereocenters. The molecule has 1 aromatic rings. The molecule has 7 nitrogen and oxygen atoms in total. The fourth-order valence-electron chi connectivity index (χ4n) is 4.17. The van der Waals surface area contributed by atoms with Crippen molar-refractivity contribution in [1.29, 1.82) is 0 Å². The van der Waals surface area contributed by atoms with E-state index >= 15 is 0 Å². The van der Waals surface area contributed by atoms with Gasteiger partial charge in [-0.1, -0.05) is 19.3 Å². The second kappa shape index (κ2) is 11.1. The van der Waals surface area contributed by atoms with Crippen molar-refractivity contribution >= 4 is 15.9 Å². The smallest absolute Gasteiger partial charge is 0.243 e. The van der Waals surface area contributed by atoms with Gasteiger partial charge < -0.3 is 14.8 Å². The number of piperidine rings is 1. The average molecular weight is 439 g/mol. The van der Waals surface area contributed by atoms with Crippen molar-refractivity contribution in [2.24, 2.45) is 5.92 Å². The number of hydrogen-bond acceptors (Lipinski definition) is 5. The molecule has 1 aliphatic heterocycles. The highest BCUT2D eigenvalue weighted by Crippen LogP contribution is 2.25. The topological polar surface area (TPSA) is 84.9 Å². The second-order valence-electron chi connectivity index (χ2n) is 8.13. The lowest BCUT2D eigenvalue weighted by atomic mass is 9.97. The highest BCUT2D eigenvalue weighted by atomic mass is 32.2. The van der Waals surface area contributed by atoms with Crippen LogP contribution in [-0.4, -0.2) is 58.1 Å². The van der Waals surface area contributed by atoms with Crippen LogP contribution in [0.4, 0.5) is 0 Å². The Bertz CT molecular complexity index is 767. The first-order chi connectivity index (χ1) is 14.5. The van der Waals surface area contributed by atoms with Gasteiger partial charge in [-0.3, -0.25) is 4.79 Å². The minimum absolute atomic E-state index is 0.0224. The van der Waals surface area contributed by atoms with Gasteiger partial charge in [0.2, 0.25) is 15.9 Å². The number of methoxy groups -OCH3 is 1. The van der Waals surface area contributed by atoms with E-state index in [2.05, 4.69) is 5.32 Å². The van der Waals surface area contributed by atoms with E-state index in [9.17, 15) is 13.2 Å². The van der Waals surface area contributed by atoms with E-state index in [1.165, 1.54) is 23.6 Å². The molecular weight excluding hydrogens is 404 g/mol. The van der Waals surface area contributed by atoms with E-state index in [1.54, 1.807) is 31.4 Å². The quantitative estimate of drug-likeness (QED) is 0.599. The molecule has 1 aromatic carbocycles. The predicted molar refractivity (Wildman–Crippen MR) is 115 cm³/mol. The SMILES string of the molecule is COc1ccc(S(=O)(=O)N2CCC(C(=O)NCCCOC3CCCCC3)CC2)cc1. The number of sulfonamides is 1.